The van der Waals surface area contributed by atoms with Gasteiger partial charge < -0.3 is 5.32 Å². The smallest absolute Gasteiger partial charge is 0.252 e. The van der Waals surface area contributed by atoms with Crippen LogP contribution in [0, 0.1) is 11.8 Å². The summed E-state index contributed by atoms with van der Waals surface area (Å²) in [6.45, 7) is 0. The molecule has 102 valence electrons. The maximum absolute atomic E-state index is 12.8. The molecule has 0 radical (unpaired) electrons. The molecule has 2 nitrogen and oxygen atoms in total. The zero-order valence-electron chi connectivity index (χ0n) is 10.7. The molecule has 0 spiro atoms. The van der Waals surface area contributed by atoms with Crippen LogP contribution in [0.2, 0.25) is 0 Å². The second kappa shape index (κ2) is 4.17. The van der Waals surface area contributed by atoms with Crippen molar-refractivity contribution in [1.29, 1.82) is 0 Å². The average Bonchev–Trinajstić information content (AvgIpc) is 3.21. The molecule has 18 heavy (non-hydrogen) atoms. The lowest BCUT2D eigenvalue weighted by Crippen LogP contribution is -2.43. The van der Waals surface area contributed by atoms with Gasteiger partial charge in [0, 0.05) is 24.3 Å². The quantitative estimate of drug-likeness (QED) is 0.823. The van der Waals surface area contributed by atoms with Crippen molar-refractivity contribution in [2.24, 2.45) is 11.8 Å². The zero-order valence-corrected chi connectivity index (χ0v) is 10.7. The third-order valence-corrected chi connectivity index (χ3v) is 4.95. The molecule has 4 heteroatoms. The number of carbonyl (C=O) groups is 1. The minimum absolute atomic E-state index is 0.0122. The van der Waals surface area contributed by atoms with Gasteiger partial charge in [0.15, 0.2) is 0 Å². The maximum atomic E-state index is 12.8. The Bertz CT molecular complexity index is 346. The Morgan fingerprint density at radius 2 is 1.78 bits per heavy atom. The van der Waals surface area contributed by atoms with E-state index in [-0.39, 0.29) is 24.3 Å². The van der Waals surface area contributed by atoms with E-state index < -0.39 is 11.8 Å². The number of carbonyl (C=O) groups excluding carboxylic acids is 1. The molecule has 0 aliphatic heterocycles. The van der Waals surface area contributed by atoms with E-state index in [1.807, 2.05) is 0 Å². The van der Waals surface area contributed by atoms with Crippen LogP contribution >= 0.6 is 0 Å². The molecule has 0 bridgehead atoms. The van der Waals surface area contributed by atoms with Gasteiger partial charge in [0.05, 0.1) is 0 Å². The summed E-state index contributed by atoms with van der Waals surface area (Å²) in [5.41, 5.74) is -0.0122. The Labute approximate surface area is 107 Å². The molecule has 1 amide bonds. The van der Waals surface area contributed by atoms with Gasteiger partial charge in [0.2, 0.25) is 5.91 Å². The van der Waals surface area contributed by atoms with Crippen molar-refractivity contribution in [2.75, 3.05) is 0 Å². The van der Waals surface area contributed by atoms with Crippen molar-refractivity contribution < 1.29 is 13.6 Å². The van der Waals surface area contributed by atoms with Crippen LogP contribution in [-0.4, -0.2) is 17.4 Å². The lowest BCUT2D eigenvalue weighted by atomic mass is 9.82. The topological polar surface area (TPSA) is 29.1 Å². The minimum Gasteiger partial charge on any atom is -0.350 e. The van der Waals surface area contributed by atoms with Crippen LogP contribution in [0.3, 0.4) is 0 Å². The number of nitrogens with one attached hydrogen (secondary N) is 1. The molecule has 0 aromatic carbocycles. The van der Waals surface area contributed by atoms with Gasteiger partial charge in [-0.25, -0.2) is 8.78 Å². The molecule has 0 aromatic rings. The molecular formula is C14H21F2NO. The number of halogens is 2. The summed E-state index contributed by atoms with van der Waals surface area (Å²) >= 11 is 0. The third-order valence-electron chi connectivity index (χ3n) is 4.95. The molecule has 0 aromatic heterocycles. The molecule has 0 saturated heterocycles. The van der Waals surface area contributed by atoms with Gasteiger partial charge in [0.25, 0.3) is 5.92 Å². The first-order chi connectivity index (χ1) is 8.52. The van der Waals surface area contributed by atoms with Crippen LogP contribution in [0.5, 0.6) is 0 Å². The zero-order chi connectivity index (χ0) is 12.8. The summed E-state index contributed by atoms with van der Waals surface area (Å²) in [5, 5.41) is 3.07. The Hall–Kier alpha value is -0.670. The van der Waals surface area contributed by atoms with Crippen molar-refractivity contribution in [1.82, 2.24) is 5.32 Å². The van der Waals surface area contributed by atoms with Crippen molar-refractivity contribution in [2.45, 2.75) is 69.2 Å². The number of rotatable bonds is 4. The average molecular weight is 257 g/mol. The minimum atomic E-state index is -2.57. The van der Waals surface area contributed by atoms with Crippen LogP contribution in [-0.2, 0) is 4.79 Å². The lowest BCUT2D eigenvalue weighted by Gasteiger charge is -2.31. The number of amides is 1. The van der Waals surface area contributed by atoms with Gasteiger partial charge in [-0.15, -0.1) is 0 Å². The van der Waals surface area contributed by atoms with Gasteiger partial charge in [-0.2, -0.15) is 0 Å². The monoisotopic (exact) mass is 257 g/mol. The fraction of sp³-hybridized carbons (Fsp3) is 0.929. The number of hydrogen-bond donors (Lipinski definition) is 1. The van der Waals surface area contributed by atoms with E-state index in [0.717, 1.165) is 12.8 Å². The van der Waals surface area contributed by atoms with E-state index in [4.69, 9.17) is 0 Å². The first-order valence-electron chi connectivity index (χ1n) is 7.21. The second-order valence-corrected chi connectivity index (χ2v) is 6.41. The Morgan fingerprint density at radius 3 is 2.28 bits per heavy atom. The Kier molecular flexibility index (Phi) is 2.87. The van der Waals surface area contributed by atoms with E-state index in [1.54, 1.807) is 0 Å². The van der Waals surface area contributed by atoms with Gasteiger partial charge in [-0.3, -0.25) is 4.79 Å². The Morgan fingerprint density at radius 1 is 1.17 bits per heavy atom. The van der Waals surface area contributed by atoms with Crippen molar-refractivity contribution in [3.8, 4) is 0 Å². The van der Waals surface area contributed by atoms with Gasteiger partial charge in [-0.1, -0.05) is 19.3 Å². The maximum Gasteiger partial charge on any atom is 0.252 e. The van der Waals surface area contributed by atoms with E-state index in [1.165, 1.54) is 32.1 Å². The second-order valence-electron chi connectivity index (χ2n) is 6.41. The van der Waals surface area contributed by atoms with Crippen molar-refractivity contribution in [3.05, 3.63) is 0 Å². The molecule has 3 aliphatic rings. The summed E-state index contributed by atoms with van der Waals surface area (Å²) in [4.78, 5) is 11.8. The summed E-state index contributed by atoms with van der Waals surface area (Å²) in [6, 6.07) is 0. The van der Waals surface area contributed by atoms with Crippen molar-refractivity contribution >= 4 is 5.91 Å². The van der Waals surface area contributed by atoms with Crippen LogP contribution < -0.4 is 5.32 Å². The molecule has 3 rings (SSSR count). The highest BCUT2D eigenvalue weighted by Gasteiger charge is 2.58. The first kappa shape index (κ1) is 12.4. The largest absolute Gasteiger partial charge is 0.350 e. The van der Waals surface area contributed by atoms with Gasteiger partial charge in [0.1, 0.15) is 0 Å². The predicted octanol–water partition coefficient (Wildman–Crippen LogP) is 3.26. The predicted molar refractivity (Wildman–Crippen MR) is 64.4 cm³/mol. The summed E-state index contributed by atoms with van der Waals surface area (Å²) in [5.74, 6) is -2.83. The number of alkyl halides is 2. The summed E-state index contributed by atoms with van der Waals surface area (Å²) in [6.07, 6.45) is 8.20. The molecular weight excluding hydrogens is 236 g/mol. The fourth-order valence-corrected chi connectivity index (χ4v) is 3.47. The van der Waals surface area contributed by atoms with E-state index in [2.05, 4.69) is 5.32 Å². The van der Waals surface area contributed by atoms with Crippen LogP contribution in [0.15, 0.2) is 0 Å². The molecule has 1 N–H and O–H groups in total. The third kappa shape index (κ3) is 2.39. The lowest BCUT2D eigenvalue weighted by molar-refractivity contribution is -0.123. The molecule has 3 fully saturated rings. The molecule has 1 atom stereocenters. The van der Waals surface area contributed by atoms with Crippen LogP contribution in [0.1, 0.15) is 57.8 Å². The van der Waals surface area contributed by atoms with Gasteiger partial charge in [-0.05, 0) is 31.6 Å². The SMILES string of the molecule is O=C(C[C@H]1CC1(F)F)NC1(C2CCCCC2)CC1. The number of hydrogen-bond acceptors (Lipinski definition) is 1. The molecule has 0 heterocycles. The Balaban J connectivity index is 1.51. The molecule has 0 unspecified atom stereocenters. The fourth-order valence-electron chi connectivity index (χ4n) is 3.47. The highest BCUT2D eigenvalue weighted by atomic mass is 19.3. The normalized spacial score (nSPS) is 32.9. The van der Waals surface area contributed by atoms with E-state index >= 15 is 0 Å². The van der Waals surface area contributed by atoms with Crippen LogP contribution in [0.4, 0.5) is 8.78 Å². The summed E-state index contributed by atoms with van der Waals surface area (Å²) < 4.78 is 25.6. The molecule has 3 saturated carbocycles. The van der Waals surface area contributed by atoms with Crippen LogP contribution in [0.25, 0.3) is 0 Å². The standard InChI is InChI=1S/C14H21F2NO/c15-14(16)9-11(14)8-12(18)17-13(6-7-13)10-4-2-1-3-5-10/h10-11H,1-9H2,(H,17,18)/t11-/m0/s1. The van der Waals surface area contributed by atoms with Gasteiger partial charge >= 0.3 is 0 Å². The van der Waals surface area contributed by atoms with Crippen molar-refractivity contribution in [3.63, 3.8) is 0 Å². The van der Waals surface area contributed by atoms with E-state index in [0.29, 0.717) is 5.92 Å². The molecule has 3 aliphatic carbocycles. The highest BCUT2D eigenvalue weighted by molar-refractivity contribution is 5.78. The first-order valence-corrected chi connectivity index (χ1v) is 7.21. The summed E-state index contributed by atoms with van der Waals surface area (Å²) in [7, 11) is 0. The highest BCUT2D eigenvalue weighted by Crippen LogP contribution is 2.52. The van der Waals surface area contributed by atoms with E-state index in [9.17, 15) is 13.6 Å².